The number of methoxy groups -OCH3 is 1. The fourth-order valence-corrected chi connectivity index (χ4v) is 1.44. The molecule has 1 N–H and O–H groups in total. The monoisotopic (exact) mass is 202 g/mol. The van der Waals surface area contributed by atoms with Gasteiger partial charge in [-0.3, -0.25) is 0 Å². The summed E-state index contributed by atoms with van der Waals surface area (Å²) in [5.74, 6) is 1.88. The quantitative estimate of drug-likeness (QED) is 0.800. The SMILES string of the molecule is COc1ccc(NC2=NC=CCC2)cc1. The summed E-state index contributed by atoms with van der Waals surface area (Å²) in [6.45, 7) is 0. The van der Waals surface area contributed by atoms with Crippen LogP contribution in [0, 0.1) is 0 Å². The fraction of sp³-hybridized carbons (Fsp3) is 0.250. The van der Waals surface area contributed by atoms with Crippen molar-refractivity contribution in [1.29, 1.82) is 0 Å². The van der Waals surface area contributed by atoms with Crippen LogP contribution in [0.15, 0.2) is 41.5 Å². The van der Waals surface area contributed by atoms with Gasteiger partial charge in [-0.05, 0) is 30.7 Å². The van der Waals surface area contributed by atoms with Gasteiger partial charge in [0.1, 0.15) is 11.6 Å². The van der Waals surface area contributed by atoms with Crippen LogP contribution in [-0.2, 0) is 0 Å². The Morgan fingerprint density at radius 1 is 1.27 bits per heavy atom. The van der Waals surface area contributed by atoms with Gasteiger partial charge in [0.05, 0.1) is 7.11 Å². The van der Waals surface area contributed by atoms with Crippen LogP contribution in [0.25, 0.3) is 0 Å². The lowest BCUT2D eigenvalue weighted by Gasteiger charge is -2.10. The van der Waals surface area contributed by atoms with E-state index in [9.17, 15) is 0 Å². The maximum atomic E-state index is 5.09. The first-order valence-electron chi connectivity index (χ1n) is 5.01. The number of nitrogens with one attached hydrogen (secondary N) is 1. The van der Waals surface area contributed by atoms with Crippen molar-refractivity contribution in [1.82, 2.24) is 0 Å². The van der Waals surface area contributed by atoms with Crippen LogP contribution in [-0.4, -0.2) is 12.9 Å². The number of aliphatic imine (C=N–C) groups is 1. The van der Waals surface area contributed by atoms with Gasteiger partial charge < -0.3 is 10.1 Å². The Labute approximate surface area is 89.5 Å². The van der Waals surface area contributed by atoms with Crippen molar-refractivity contribution in [3.05, 3.63) is 36.5 Å². The zero-order valence-corrected chi connectivity index (χ0v) is 8.73. The molecule has 0 bridgehead atoms. The highest BCUT2D eigenvalue weighted by molar-refractivity contribution is 5.96. The Kier molecular flexibility index (Phi) is 3.02. The van der Waals surface area contributed by atoms with Crippen LogP contribution in [0.2, 0.25) is 0 Å². The maximum absolute atomic E-state index is 5.09. The van der Waals surface area contributed by atoms with Crippen LogP contribution < -0.4 is 10.1 Å². The number of hydrogen-bond acceptors (Lipinski definition) is 3. The first-order chi connectivity index (χ1) is 7.38. The maximum Gasteiger partial charge on any atom is 0.119 e. The third kappa shape index (κ3) is 2.59. The van der Waals surface area contributed by atoms with Crippen LogP contribution in [0.3, 0.4) is 0 Å². The third-order valence-electron chi connectivity index (χ3n) is 2.26. The molecule has 78 valence electrons. The Hall–Kier alpha value is -1.77. The normalized spacial score (nSPS) is 14.6. The molecule has 2 rings (SSSR count). The van der Waals surface area contributed by atoms with Crippen molar-refractivity contribution in [2.45, 2.75) is 12.8 Å². The minimum Gasteiger partial charge on any atom is -0.497 e. The van der Waals surface area contributed by atoms with E-state index in [2.05, 4.69) is 16.4 Å². The number of ether oxygens (including phenoxy) is 1. The van der Waals surface area contributed by atoms with Crippen molar-refractivity contribution in [3.8, 4) is 5.75 Å². The summed E-state index contributed by atoms with van der Waals surface area (Å²) in [6.07, 6.45) is 5.94. The molecule has 0 saturated carbocycles. The van der Waals surface area contributed by atoms with Gasteiger partial charge in [-0.15, -0.1) is 0 Å². The Morgan fingerprint density at radius 3 is 2.67 bits per heavy atom. The molecule has 0 radical (unpaired) electrons. The summed E-state index contributed by atoms with van der Waals surface area (Å²) in [5.41, 5.74) is 1.05. The van der Waals surface area contributed by atoms with Crippen LogP contribution in [0.5, 0.6) is 5.75 Å². The largest absolute Gasteiger partial charge is 0.497 e. The first-order valence-corrected chi connectivity index (χ1v) is 5.01. The molecule has 1 aromatic carbocycles. The molecule has 1 aliphatic rings. The number of amidine groups is 1. The van der Waals surface area contributed by atoms with Crippen LogP contribution >= 0.6 is 0 Å². The predicted molar refractivity (Wildman–Crippen MR) is 62.4 cm³/mol. The van der Waals surface area contributed by atoms with Gasteiger partial charge in [0.25, 0.3) is 0 Å². The molecule has 0 aliphatic carbocycles. The molecule has 0 aromatic heterocycles. The van der Waals surface area contributed by atoms with E-state index in [-0.39, 0.29) is 0 Å². The van der Waals surface area contributed by atoms with Gasteiger partial charge in [0.2, 0.25) is 0 Å². The molecule has 3 heteroatoms. The number of anilines is 1. The van der Waals surface area contributed by atoms with Crippen molar-refractivity contribution in [2.24, 2.45) is 4.99 Å². The van der Waals surface area contributed by atoms with Gasteiger partial charge in [0.15, 0.2) is 0 Å². The second kappa shape index (κ2) is 4.64. The van der Waals surface area contributed by atoms with Crippen molar-refractivity contribution >= 4 is 11.5 Å². The Balaban J connectivity index is 2.04. The molecule has 0 atom stereocenters. The van der Waals surface area contributed by atoms with Crippen molar-refractivity contribution < 1.29 is 4.74 Å². The Morgan fingerprint density at radius 2 is 2.07 bits per heavy atom. The number of rotatable bonds is 2. The number of benzene rings is 1. The molecule has 0 unspecified atom stereocenters. The summed E-state index contributed by atoms with van der Waals surface area (Å²) >= 11 is 0. The third-order valence-corrected chi connectivity index (χ3v) is 2.26. The lowest BCUT2D eigenvalue weighted by atomic mass is 10.2. The molecular formula is C12H14N2O. The minimum absolute atomic E-state index is 0.867. The summed E-state index contributed by atoms with van der Waals surface area (Å²) in [5, 5.41) is 3.28. The number of allylic oxidation sites excluding steroid dienone is 1. The highest BCUT2D eigenvalue weighted by atomic mass is 16.5. The summed E-state index contributed by atoms with van der Waals surface area (Å²) in [4.78, 5) is 4.26. The van der Waals surface area contributed by atoms with E-state index in [0.717, 1.165) is 30.1 Å². The van der Waals surface area contributed by atoms with Gasteiger partial charge in [0, 0.05) is 18.3 Å². The smallest absolute Gasteiger partial charge is 0.119 e. The molecule has 0 fully saturated rings. The zero-order valence-electron chi connectivity index (χ0n) is 8.73. The average Bonchev–Trinajstić information content (AvgIpc) is 2.31. The zero-order chi connectivity index (χ0) is 10.5. The molecule has 1 aliphatic heterocycles. The van der Waals surface area contributed by atoms with Crippen LogP contribution in [0.4, 0.5) is 5.69 Å². The van der Waals surface area contributed by atoms with Crippen molar-refractivity contribution in [2.75, 3.05) is 12.4 Å². The van der Waals surface area contributed by atoms with Gasteiger partial charge in [-0.2, -0.15) is 0 Å². The molecule has 0 spiro atoms. The summed E-state index contributed by atoms with van der Waals surface area (Å²) in [6, 6.07) is 7.84. The lowest BCUT2D eigenvalue weighted by Crippen LogP contribution is -2.12. The molecule has 15 heavy (non-hydrogen) atoms. The molecule has 3 nitrogen and oxygen atoms in total. The second-order valence-corrected chi connectivity index (χ2v) is 3.35. The molecule has 1 aromatic rings. The molecule has 1 heterocycles. The highest BCUT2D eigenvalue weighted by Crippen LogP contribution is 2.16. The minimum atomic E-state index is 0.867. The first kappa shape index (κ1) is 9.77. The van der Waals surface area contributed by atoms with Crippen LogP contribution in [0.1, 0.15) is 12.8 Å². The predicted octanol–water partition coefficient (Wildman–Crippen LogP) is 2.81. The standard InChI is InChI=1S/C12H14N2O/c1-15-11-7-5-10(6-8-11)14-12-4-2-3-9-13-12/h3,5-9H,2,4H2,1H3,(H,13,14). The lowest BCUT2D eigenvalue weighted by molar-refractivity contribution is 0.415. The Bertz CT molecular complexity index is 379. The van der Waals surface area contributed by atoms with E-state index in [0.29, 0.717) is 0 Å². The van der Waals surface area contributed by atoms with E-state index < -0.39 is 0 Å². The van der Waals surface area contributed by atoms with E-state index >= 15 is 0 Å². The van der Waals surface area contributed by atoms with E-state index in [1.165, 1.54) is 0 Å². The molecular weight excluding hydrogens is 188 g/mol. The van der Waals surface area contributed by atoms with Gasteiger partial charge in [-0.1, -0.05) is 6.08 Å². The molecule has 0 amide bonds. The average molecular weight is 202 g/mol. The fourth-order valence-electron chi connectivity index (χ4n) is 1.44. The van der Waals surface area contributed by atoms with Crippen molar-refractivity contribution in [3.63, 3.8) is 0 Å². The topological polar surface area (TPSA) is 33.6 Å². The summed E-state index contributed by atoms with van der Waals surface area (Å²) < 4.78 is 5.09. The highest BCUT2D eigenvalue weighted by Gasteiger charge is 2.01. The van der Waals surface area contributed by atoms with E-state index in [4.69, 9.17) is 4.74 Å². The van der Waals surface area contributed by atoms with E-state index in [1.54, 1.807) is 7.11 Å². The molecule has 0 saturated heterocycles. The van der Waals surface area contributed by atoms with E-state index in [1.807, 2.05) is 30.5 Å². The van der Waals surface area contributed by atoms with Gasteiger partial charge >= 0.3 is 0 Å². The summed E-state index contributed by atoms with van der Waals surface area (Å²) in [7, 11) is 1.67. The number of hydrogen-bond donors (Lipinski definition) is 1. The van der Waals surface area contributed by atoms with Gasteiger partial charge in [-0.25, -0.2) is 4.99 Å². The number of nitrogens with zero attached hydrogens (tertiary/aromatic N) is 1. The second-order valence-electron chi connectivity index (χ2n) is 3.35.